The number of pyridine rings is 1. The van der Waals surface area contributed by atoms with Crippen LogP contribution < -0.4 is 5.73 Å². The first kappa shape index (κ1) is 11.9. The van der Waals surface area contributed by atoms with E-state index in [0.717, 1.165) is 0 Å². The third kappa shape index (κ3) is 2.68. The van der Waals surface area contributed by atoms with Crippen molar-refractivity contribution in [2.45, 2.75) is 12.2 Å². The maximum Gasteiger partial charge on any atom is 0.407 e. The third-order valence-electron chi connectivity index (χ3n) is 1.53. The van der Waals surface area contributed by atoms with Crippen LogP contribution in [0, 0.1) is 0 Å². The standard InChI is InChI=1S/C7H5Br2F3N2/c8-4-2-1-3(6(9)14-4)5(13)7(10,11)12/h1-2,5H,13H2/t5-/m0/s1. The van der Waals surface area contributed by atoms with E-state index >= 15 is 0 Å². The molecule has 0 aromatic carbocycles. The minimum absolute atomic E-state index is 0.0827. The van der Waals surface area contributed by atoms with Gasteiger partial charge in [-0.25, -0.2) is 4.98 Å². The quantitative estimate of drug-likeness (QED) is 0.802. The molecule has 0 unspecified atom stereocenters. The third-order valence-corrected chi connectivity index (χ3v) is 2.61. The monoisotopic (exact) mass is 332 g/mol. The number of alkyl halides is 3. The zero-order chi connectivity index (χ0) is 10.9. The molecular formula is C7H5Br2F3N2. The number of aromatic nitrogens is 1. The predicted octanol–water partition coefficient (Wildman–Crippen LogP) is 3.17. The lowest BCUT2D eigenvalue weighted by molar-refractivity contribution is -0.149. The lowest BCUT2D eigenvalue weighted by Crippen LogP contribution is -2.28. The van der Waals surface area contributed by atoms with E-state index in [0.29, 0.717) is 4.60 Å². The van der Waals surface area contributed by atoms with Crippen molar-refractivity contribution in [1.82, 2.24) is 4.98 Å². The smallest absolute Gasteiger partial charge is 0.316 e. The number of hydrogen-bond acceptors (Lipinski definition) is 2. The average molecular weight is 334 g/mol. The van der Waals surface area contributed by atoms with Gasteiger partial charge in [0.1, 0.15) is 15.2 Å². The van der Waals surface area contributed by atoms with Crippen molar-refractivity contribution in [2.75, 3.05) is 0 Å². The van der Waals surface area contributed by atoms with Gasteiger partial charge in [0.25, 0.3) is 0 Å². The van der Waals surface area contributed by atoms with Gasteiger partial charge in [-0.3, -0.25) is 0 Å². The minimum atomic E-state index is -4.46. The molecule has 0 spiro atoms. The largest absolute Gasteiger partial charge is 0.407 e. The van der Waals surface area contributed by atoms with Gasteiger partial charge in [-0.2, -0.15) is 13.2 Å². The summed E-state index contributed by atoms with van der Waals surface area (Å²) < 4.78 is 37.2. The summed E-state index contributed by atoms with van der Waals surface area (Å²) in [6, 6.07) is 0.669. The van der Waals surface area contributed by atoms with Crippen molar-refractivity contribution in [3.05, 3.63) is 26.9 Å². The van der Waals surface area contributed by atoms with E-state index in [9.17, 15) is 13.2 Å². The molecule has 78 valence electrons. The second-order valence-corrected chi connectivity index (χ2v) is 4.10. The van der Waals surface area contributed by atoms with E-state index in [4.69, 9.17) is 5.73 Å². The predicted molar refractivity (Wildman–Crippen MR) is 52.6 cm³/mol. The van der Waals surface area contributed by atoms with Crippen LogP contribution >= 0.6 is 31.9 Å². The van der Waals surface area contributed by atoms with E-state index in [1.54, 1.807) is 0 Å². The Labute approximate surface area is 95.0 Å². The number of nitrogens with zero attached hydrogens (tertiary/aromatic N) is 1. The van der Waals surface area contributed by atoms with Crippen LogP contribution in [0.25, 0.3) is 0 Å². The zero-order valence-electron chi connectivity index (χ0n) is 6.65. The molecule has 1 aromatic heterocycles. The highest BCUT2D eigenvalue weighted by atomic mass is 79.9. The topological polar surface area (TPSA) is 38.9 Å². The molecule has 0 saturated carbocycles. The lowest BCUT2D eigenvalue weighted by Gasteiger charge is -2.16. The Hall–Kier alpha value is -0.140. The fourth-order valence-corrected chi connectivity index (χ4v) is 1.95. The molecule has 1 aromatic rings. The molecule has 1 heterocycles. The van der Waals surface area contributed by atoms with Crippen LogP contribution in [0.2, 0.25) is 0 Å². The van der Waals surface area contributed by atoms with E-state index in [1.807, 2.05) is 0 Å². The molecular weight excluding hydrogens is 329 g/mol. The van der Waals surface area contributed by atoms with Crippen molar-refractivity contribution in [3.63, 3.8) is 0 Å². The van der Waals surface area contributed by atoms with Gasteiger partial charge >= 0.3 is 6.18 Å². The second-order valence-electron chi connectivity index (χ2n) is 2.53. The van der Waals surface area contributed by atoms with Gasteiger partial charge in [0.15, 0.2) is 0 Å². The van der Waals surface area contributed by atoms with E-state index in [1.165, 1.54) is 12.1 Å². The molecule has 0 aliphatic rings. The van der Waals surface area contributed by atoms with Crippen LogP contribution in [0.4, 0.5) is 13.2 Å². The van der Waals surface area contributed by atoms with Crippen molar-refractivity contribution in [2.24, 2.45) is 5.73 Å². The summed E-state index contributed by atoms with van der Waals surface area (Å²) in [7, 11) is 0. The van der Waals surface area contributed by atoms with Gasteiger partial charge in [0, 0.05) is 5.56 Å². The highest BCUT2D eigenvalue weighted by molar-refractivity contribution is 9.11. The number of nitrogens with two attached hydrogens (primary N) is 1. The molecule has 0 fully saturated rings. The van der Waals surface area contributed by atoms with Crippen molar-refractivity contribution < 1.29 is 13.2 Å². The van der Waals surface area contributed by atoms with Gasteiger partial charge in [0.2, 0.25) is 0 Å². The Kier molecular flexibility index (Phi) is 3.54. The summed E-state index contributed by atoms with van der Waals surface area (Å²) in [4.78, 5) is 3.76. The minimum Gasteiger partial charge on any atom is -0.316 e. The van der Waals surface area contributed by atoms with E-state index in [-0.39, 0.29) is 10.2 Å². The molecule has 2 nitrogen and oxygen atoms in total. The highest BCUT2D eigenvalue weighted by Gasteiger charge is 2.39. The zero-order valence-corrected chi connectivity index (χ0v) is 9.82. The fourth-order valence-electron chi connectivity index (χ4n) is 0.831. The maximum absolute atomic E-state index is 12.2. The number of halogens is 5. The molecule has 0 aliphatic carbocycles. The first-order valence-electron chi connectivity index (χ1n) is 3.46. The van der Waals surface area contributed by atoms with Crippen LogP contribution in [0.1, 0.15) is 11.6 Å². The molecule has 2 N–H and O–H groups in total. The van der Waals surface area contributed by atoms with Crippen molar-refractivity contribution in [1.29, 1.82) is 0 Å². The Morgan fingerprint density at radius 3 is 2.29 bits per heavy atom. The van der Waals surface area contributed by atoms with Gasteiger partial charge in [-0.05, 0) is 37.9 Å². The SMILES string of the molecule is N[C@@H](c1ccc(Br)nc1Br)C(F)(F)F. The molecule has 1 rings (SSSR count). The average Bonchev–Trinajstić information content (AvgIpc) is 2.01. The molecule has 1 atom stereocenters. The van der Waals surface area contributed by atoms with Crippen LogP contribution in [0.15, 0.2) is 21.3 Å². The lowest BCUT2D eigenvalue weighted by atomic mass is 10.1. The summed E-state index contributed by atoms with van der Waals surface area (Å²) in [5.74, 6) is 0. The summed E-state index contributed by atoms with van der Waals surface area (Å²) in [5.41, 5.74) is 4.93. The van der Waals surface area contributed by atoms with Crippen LogP contribution in [0.5, 0.6) is 0 Å². The summed E-state index contributed by atoms with van der Waals surface area (Å²) >= 11 is 5.95. The van der Waals surface area contributed by atoms with Crippen LogP contribution in [-0.4, -0.2) is 11.2 Å². The first-order valence-corrected chi connectivity index (χ1v) is 5.05. The Balaban J connectivity index is 3.08. The summed E-state index contributed by atoms with van der Waals surface area (Å²) in [6.07, 6.45) is -4.46. The highest BCUT2D eigenvalue weighted by Crippen LogP contribution is 2.33. The van der Waals surface area contributed by atoms with Gasteiger partial charge < -0.3 is 5.73 Å². The molecule has 0 bridgehead atoms. The van der Waals surface area contributed by atoms with Gasteiger partial charge in [-0.1, -0.05) is 6.07 Å². The second kappa shape index (κ2) is 4.16. The molecule has 7 heteroatoms. The number of hydrogen-bond donors (Lipinski definition) is 1. The molecule has 0 amide bonds. The molecule has 14 heavy (non-hydrogen) atoms. The fraction of sp³-hybridized carbons (Fsp3) is 0.286. The summed E-state index contributed by atoms with van der Waals surface area (Å²) in [5, 5.41) is 0. The Bertz CT molecular complexity index is 340. The van der Waals surface area contributed by atoms with Gasteiger partial charge in [0.05, 0.1) is 0 Å². The van der Waals surface area contributed by atoms with Gasteiger partial charge in [-0.15, -0.1) is 0 Å². The van der Waals surface area contributed by atoms with Crippen LogP contribution in [0.3, 0.4) is 0 Å². The van der Waals surface area contributed by atoms with E-state index in [2.05, 4.69) is 36.8 Å². The summed E-state index contributed by atoms with van der Waals surface area (Å²) in [6.45, 7) is 0. The Morgan fingerprint density at radius 2 is 1.86 bits per heavy atom. The van der Waals surface area contributed by atoms with E-state index < -0.39 is 12.2 Å². The van der Waals surface area contributed by atoms with Crippen molar-refractivity contribution >= 4 is 31.9 Å². The van der Waals surface area contributed by atoms with Crippen molar-refractivity contribution in [3.8, 4) is 0 Å². The molecule has 0 saturated heterocycles. The molecule has 0 aliphatic heterocycles. The first-order chi connectivity index (χ1) is 6.32. The number of rotatable bonds is 1. The Morgan fingerprint density at radius 1 is 1.29 bits per heavy atom. The normalized spacial score (nSPS) is 14.1. The molecule has 0 radical (unpaired) electrons. The maximum atomic E-state index is 12.2. The van der Waals surface area contributed by atoms with Crippen LogP contribution in [-0.2, 0) is 0 Å².